The number of aromatic nitrogens is 1. The summed E-state index contributed by atoms with van der Waals surface area (Å²) < 4.78 is 10.6. The Balaban J connectivity index is 1.53. The summed E-state index contributed by atoms with van der Waals surface area (Å²) in [5.41, 5.74) is 4.06. The minimum absolute atomic E-state index is 0.0904. The van der Waals surface area contributed by atoms with Crippen molar-refractivity contribution >= 4 is 17.4 Å². The van der Waals surface area contributed by atoms with Gasteiger partial charge in [-0.15, -0.1) is 0 Å². The molecular formula is C23H25N3O3. The van der Waals surface area contributed by atoms with E-state index in [0.717, 1.165) is 16.8 Å². The minimum atomic E-state index is -0.0904. The monoisotopic (exact) mass is 391 g/mol. The summed E-state index contributed by atoms with van der Waals surface area (Å²) in [5, 5.41) is 6.13. The molecule has 0 fully saturated rings. The molecule has 1 aromatic heterocycles. The normalized spacial score (nSPS) is 10.3. The van der Waals surface area contributed by atoms with Crippen LogP contribution in [0.1, 0.15) is 16.7 Å². The number of hydrogen-bond donors (Lipinski definition) is 2. The molecule has 0 aliphatic heterocycles. The Morgan fingerprint density at radius 3 is 2.31 bits per heavy atom. The van der Waals surface area contributed by atoms with E-state index < -0.39 is 0 Å². The highest BCUT2D eigenvalue weighted by atomic mass is 16.5. The maximum atomic E-state index is 12.2. The van der Waals surface area contributed by atoms with Gasteiger partial charge in [-0.25, -0.2) is 4.98 Å². The second-order valence-corrected chi connectivity index (χ2v) is 6.69. The molecule has 6 heteroatoms. The average Bonchev–Trinajstić information content (AvgIpc) is 2.74. The molecule has 0 saturated carbocycles. The Morgan fingerprint density at radius 2 is 1.66 bits per heavy atom. The lowest BCUT2D eigenvalue weighted by molar-refractivity contribution is -0.115. The van der Waals surface area contributed by atoms with E-state index in [4.69, 9.17) is 9.47 Å². The van der Waals surface area contributed by atoms with E-state index in [1.54, 1.807) is 26.5 Å². The van der Waals surface area contributed by atoms with Gasteiger partial charge in [0.15, 0.2) is 11.5 Å². The van der Waals surface area contributed by atoms with Crippen molar-refractivity contribution < 1.29 is 14.3 Å². The van der Waals surface area contributed by atoms with Crippen LogP contribution in [0.15, 0.2) is 60.8 Å². The molecule has 0 spiro atoms. The van der Waals surface area contributed by atoms with E-state index in [1.807, 2.05) is 55.5 Å². The largest absolute Gasteiger partial charge is 0.493 e. The second kappa shape index (κ2) is 9.59. The smallest absolute Gasteiger partial charge is 0.229 e. The fourth-order valence-corrected chi connectivity index (χ4v) is 2.85. The van der Waals surface area contributed by atoms with Crippen LogP contribution in [0, 0.1) is 6.92 Å². The number of rotatable bonds is 8. The van der Waals surface area contributed by atoms with Crippen LogP contribution >= 0.6 is 0 Å². The zero-order valence-electron chi connectivity index (χ0n) is 16.9. The van der Waals surface area contributed by atoms with E-state index in [9.17, 15) is 4.79 Å². The first-order valence-electron chi connectivity index (χ1n) is 9.33. The Kier molecular flexibility index (Phi) is 6.68. The third-order valence-electron chi connectivity index (χ3n) is 4.46. The number of benzene rings is 2. The van der Waals surface area contributed by atoms with Gasteiger partial charge in [-0.1, -0.05) is 35.9 Å². The molecule has 0 saturated heterocycles. The van der Waals surface area contributed by atoms with Crippen LogP contribution in [-0.4, -0.2) is 25.1 Å². The summed E-state index contributed by atoms with van der Waals surface area (Å²) >= 11 is 0. The average molecular weight is 391 g/mol. The van der Waals surface area contributed by atoms with Crippen molar-refractivity contribution in [2.24, 2.45) is 0 Å². The number of nitrogens with zero attached hydrogens (tertiary/aromatic N) is 1. The van der Waals surface area contributed by atoms with Crippen LogP contribution in [0.25, 0.3) is 0 Å². The standard InChI is InChI=1S/C23H25N3O3/c1-16-4-6-17(7-5-16)13-23(27)26-22-11-9-19(15-25-22)24-14-18-8-10-20(28-2)21(12-18)29-3/h4-12,15,24H,13-14H2,1-3H3,(H,25,26,27). The van der Waals surface area contributed by atoms with E-state index in [2.05, 4.69) is 15.6 Å². The van der Waals surface area contributed by atoms with Gasteiger partial charge in [0.25, 0.3) is 0 Å². The summed E-state index contributed by atoms with van der Waals surface area (Å²) in [6.07, 6.45) is 2.02. The molecule has 0 bridgehead atoms. The Hall–Kier alpha value is -3.54. The van der Waals surface area contributed by atoms with Crippen molar-refractivity contribution in [3.8, 4) is 11.5 Å². The van der Waals surface area contributed by atoms with Crippen LogP contribution in [-0.2, 0) is 17.8 Å². The van der Waals surface area contributed by atoms with E-state index in [0.29, 0.717) is 30.3 Å². The highest BCUT2D eigenvalue weighted by Gasteiger charge is 2.06. The number of carbonyl (C=O) groups excluding carboxylic acids is 1. The zero-order chi connectivity index (χ0) is 20.6. The summed E-state index contributed by atoms with van der Waals surface area (Å²) in [4.78, 5) is 16.5. The van der Waals surface area contributed by atoms with Gasteiger partial charge in [0.2, 0.25) is 5.91 Å². The molecule has 150 valence electrons. The molecule has 6 nitrogen and oxygen atoms in total. The lowest BCUT2D eigenvalue weighted by atomic mass is 10.1. The van der Waals surface area contributed by atoms with Gasteiger partial charge in [-0.05, 0) is 42.3 Å². The number of aryl methyl sites for hydroxylation is 1. The van der Waals surface area contributed by atoms with E-state index in [1.165, 1.54) is 5.56 Å². The number of anilines is 2. The van der Waals surface area contributed by atoms with Crippen LogP contribution in [0.2, 0.25) is 0 Å². The summed E-state index contributed by atoms with van der Waals surface area (Å²) in [7, 11) is 3.23. The lowest BCUT2D eigenvalue weighted by Crippen LogP contribution is -2.15. The maximum absolute atomic E-state index is 12.2. The molecular weight excluding hydrogens is 366 g/mol. The Labute approximate surface area is 170 Å². The van der Waals surface area contributed by atoms with Crippen molar-refractivity contribution in [1.82, 2.24) is 4.98 Å². The van der Waals surface area contributed by atoms with Crippen molar-refractivity contribution in [2.45, 2.75) is 19.9 Å². The fraction of sp³-hybridized carbons (Fsp3) is 0.217. The first-order chi connectivity index (χ1) is 14.1. The van der Waals surface area contributed by atoms with Crippen LogP contribution in [0.5, 0.6) is 11.5 Å². The molecule has 0 unspecified atom stereocenters. The van der Waals surface area contributed by atoms with Gasteiger partial charge >= 0.3 is 0 Å². The maximum Gasteiger partial charge on any atom is 0.229 e. The Morgan fingerprint density at radius 1 is 0.931 bits per heavy atom. The summed E-state index contributed by atoms with van der Waals surface area (Å²) in [6.45, 7) is 2.63. The summed E-state index contributed by atoms with van der Waals surface area (Å²) in [5.74, 6) is 1.83. The number of hydrogen-bond acceptors (Lipinski definition) is 5. The van der Waals surface area contributed by atoms with Crippen molar-refractivity contribution in [2.75, 3.05) is 24.9 Å². The van der Waals surface area contributed by atoms with Gasteiger partial charge < -0.3 is 20.1 Å². The van der Waals surface area contributed by atoms with Crippen molar-refractivity contribution in [3.05, 3.63) is 77.5 Å². The van der Waals surface area contributed by atoms with Crippen molar-refractivity contribution in [3.63, 3.8) is 0 Å². The minimum Gasteiger partial charge on any atom is -0.493 e. The van der Waals surface area contributed by atoms with Gasteiger partial charge in [0.1, 0.15) is 5.82 Å². The molecule has 3 rings (SSSR count). The van der Waals surface area contributed by atoms with Gasteiger partial charge in [-0.3, -0.25) is 4.79 Å². The number of nitrogens with one attached hydrogen (secondary N) is 2. The number of pyridine rings is 1. The highest BCUT2D eigenvalue weighted by molar-refractivity contribution is 5.91. The third kappa shape index (κ3) is 5.72. The Bertz CT molecular complexity index is 954. The topological polar surface area (TPSA) is 72.5 Å². The molecule has 2 N–H and O–H groups in total. The zero-order valence-corrected chi connectivity index (χ0v) is 16.9. The van der Waals surface area contributed by atoms with Crippen molar-refractivity contribution in [1.29, 1.82) is 0 Å². The van der Waals surface area contributed by atoms with Gasteiger partial charge in [-0.2, -0.15) is 0 Å². The molecule has 2 aromatic carbocycles. The van der Waals surface area contributed by atoms with Gasteiger partial charge in [0, 0.05) is 6.54 Å². The van der Waals surface area contributed by atoms with Crippen LogP contribution in [0.3, 0.4) is 0 Å². The first kappa shape index (κ1) is 20.2. The van der Waals surface area contributed by atoms with E-state index in [-0.39, 0.29) is 5.91 Å². The molecule has 1 amide bonds. The molecule has 1 heterocycles. The molecule has 0 aliphatic carbocycles. The lowest BCUT2D eigenvalue weighted by Gasteiger charge is -2.11. The predicted octanol–water partition coefficient (Wildman–Crippen LogP) is 4.20. The fourth-order valence-electron chi connectivity index (χ4n) is 2.85. The third-order valence-corrected chi connectivity index (χ3v) is 4.46. The quantitative estimate of drug-likeness (QED) is 0.602. The van der Waals surface area contributed by atoms with Gasteiger partial charge in [0.05, 0.1) is 32.5 Å². The van der Waals surface area contributed by atoms with Crippen LogP contribution < -0.4 is 20.1 Å². The highest BCUT2D eigenvalue weighted by Crippen LogP contribution is 2.27. The predicted molar refractivity (Wildman–Crippen MR) is 115 cm³/mol. The number of ether oxygens (including phenoxy) is 2. The van der Waals surface area contributed by atoms with E-state index >= 15 is 0 Å². The second-order valence-electron chi connectivity index (χ2n) is 6.69. The number of methoxy groups -OCH3 is 2. The number of amides is 1. The summed E-state index contributed by atoms with van der Waals surface area (Å²) in [6, 6.07) is 17.4. The number of carbonyl (C=O) groups is 1. The molecule has 0 atom stereocenters. The van der Waals surface area contributed by atoms with Crippen LogP contribution in [0.4, 0.5) is 11.5 Å². The molecule has 0 radical (unpaired) electrons. The molecule has 3 aromatic rings. The molecule has 0 aliphatic rings. The first-order valence-corrected chi connectivity index (χ1v) is 9.33. The molecule has 29 heavy (non-hydrogen) atoms. The SMILES string of the molecule is COc1ccc(CNc2ccc(NC(=O)Cc3ccc(C)cc3)nc2)cc1OC.